The maximum atomic E-state index is 14.9. The lowest BCUT2D eigenvalue weighted by atomic mass is 9.97. The second-order valence-corrected chi connectivity index (χ2v) is 7.84. The summed E-state index contributed by atoms with van der Waals surface area (Å²) in [4.78, 5) is 0. The second kappa shape index (κ2) is 9.42. The van der Waals surface area contributed by atoms with Crippen molar-refractivity contribution in [3.8, 4) is 28.0 Å². The van der Waals surface area contributed by atoms with Gasteiger partial charge in [0.05, 0.1) is 5.02 Å². The van der Waals surface area contributed by atoms with Gasteiger partial charge in [0.15, 0.2) is 17.5 Å². The summed E-state index contributed by atoms with van der Waals surface area (Å²) in [7, 11) is 0. The summed E-state index contributed by atoms with van der Waals surface area (Å²) in [5.74, 6) is -12.6. The Morgan fingerprint density at radius 3 is 1.72 bits per heavy atom. The Balaban J connectivity index is 1.73. The van der Waals surface area contributed by atoms with Gasteiger partial charge in [-0.3, -0.25) is 0 Å². The number of rotatable bonds is 5. The number of ether oxygens (including phenoxy) is 1. The van der Waals surface area contributed by atoms with Crippen LogP contribution in [0, 0.1) is 40.7 Å². The molecule has 36 heavy (non-hydrogen) atoms. The van der Waals surface area contributed by atoms with Crippen LogP contribution >= 0.6 is 11.6 Å². The van der Waals surface area contributed by atoms with Crippen molar-refractivity contribution in [2.24, 2.45) is 0 Å². The molecule has 0 aromatic heterocycles. The van der Waals surface area contributed by atoms with E-state index in [0.29, 0.717) is 12.1 Å². The highest BCUT2D eigenvalue weighted by Crippen LogP contribution is 2.40. The maximum Gasteiger partial charge on any atom is 0.432 e. The highest BCUT2D eigenvalue weighted by molar-refractivity contribution is 6.33. The van der Waals surface area contributed by atoms with Crippen molar-refractivity contribution in [2.75, 3.05) is 0 Å². The molecule has 0 saturated carbocycles. The number of benzene rings is 4. The molecule has 0 aliphatic rings. The smallest absolute Gasteiger partial charge is 0.429 e. The Hall–Kier alpha value is -3.66. The van der Waals surface area contributed by atoms with Gasteiger partial charge in [-0.05, 0) is 41.5 Å². The molecule has 0 spiro atoms. The first kappa shape index (κ1) is 25.4. The summed E-state index contributed by atoms with van der Waals surface area (Å²) in [6.07, 6.45) is -4.82. The largest absolute Gasteiger partial charge is 0.432 e. The molecule has 0 fully saturated rings. The van der Waals surface area contributed by atoms with E-state index in [-0.39, 0.29) is 23.3 Å². The van der Waals surface area contributed by atoms with Crippen LogP contribution < -0.4 is 4.74 Å². The van der Waals surface area contributed by atoms with Gasteiger partial charge in [0, 0.05) is 23.3 Å². The van der Waals surface area contributed by atoms with Crippen molar-refractivity contribution in [1.82, 2.24) is 0 Å². The third-order valence-corrected chi connectivity index (χ3v) is 5.35. The van der Waals surface area contributed by atoms with E-state index in [1.165, 1.54) is 18.2 Å². The number of hydrogen-bond donors (Lipinski definition) is 0. The fourth-order valence-corrected chi connectivity index (χ4v) is 3.80. The van der Waals surface area contributed by atoms with E-state index in [4.69, 9.17) is 11.6 Å². The molecular formula is C25H10ClF9O. The Kier molecular flexibility index (Phi) is 6.66. The fraction of sp³-hybridized carbons (Fsp3) is 0.0400. The molecule has 0 heterocycles. The molecule has 0 bridgehead atoms. The molecule has 0 aliphatic carbocycles. The minimum Gasteiger partial charge on any atom is -0.429 e. The summed E-state index contributed by atoms with van der Waals surface area (Å²) < 4.78 is 131. The van der Waals surface area contributed by atoms with Crippen molar-refractivity contribution in [1.29, 1.82) is 0 Å². The maximum absolute atomic E-state index is 14.9. The molecule has 0 aliphatic heterocycles. The van der Waals surface area contributed by atoms with E-state index in [1.807, 2.05) is 0 Å². The predicted octanol–water partition coefficient (Wildman–Crippen LogP) is 8.78. The van der Waals surface area contributed by atoms with Gasteiger partial charge in [-0.25, -0.2) is 30.7 Å². The van der Waals surface area contributed by atoms with Crippen LogP contribution in [0.3, 0.4) is 0 Å². The molecule has 4 aromatic carbocycles. The fourth-order valence-electron chi connectivity index (χ4n) is 3.49. The van der Waals surface area contributed by atoms with Gasteiger partial charge in [-0.1, -0.05) is 29.8 Å². The lowest BCUT2D eigenvalue weighted by Gasteiger charge is -2.20. The molecule has 0 N–H and O–H groups in total. The first-order valence-electron chi connectivity index (χ1n) is 9.84. The van der Waals surface area contributed by atoms with Crippen molar-refractivity contribution in [2.45, 2.75) is 6.11 Å². The second-order valence-electron chi connectivity index (χ2n) is 7.43. The van der Waals surface area contributed by atoms with E-state index in [9.17, 15) is 39.5 Å². The van der Waals surface area contributed by atoms with Crippen LogP contribution in [0.25, 0.3) is 22.3 Å². The first-order chi connectivity index (χ1) is 16.9. The van der Waals surface area contributed by atoms with Crippen LogP contribution in [0.4, 0.5) is 39.5 Å². The Bertz CT molecular complexity index is 1420. The molecular weight excluding hydrogens is 523 g/mol. The molecule has 0 amide bonds. The minimum absolute atomic E-state index is 0.00982. The summed E-state index contributed by atoms with van der Waals surface area (Å²) in [5, 5.41) is -0.403. The molecule has 1 nitrogen and oxygen atoms in total. The molecule has 4 aromatic rings. The number of halogens is 10. The van der Waals surface area contributed by atoms with Crippen LogP contribution in [0.1, 0.15) is 5.56 Å². The molecule has 0 atom stereocenters. The third-order valence-electron chi connectivity index (χ3n) is 5.05. The first-order valence-corrected chi connectivity index (χ1v) is 10.2. The van der Waals surface area contributed by atoms with Gasteiger partial charge in [0.2, 0.25) is 0 Å². The molecule has 11 heteroatoms. The standard InChI is InChI=1S/C25H10ClF9O/c26-15-5-11(14-3-1-2-4-16(14)27)6-17(28)22(15)12-7-18(29)23(19(30)8-12)25(34,35)36-13-9-20(31)24(33)21(32)10-13/h1-10H. The Morgan fingerprint density at radius 1 is 0.611 bits per heavy atom. The monoisotopic (exact) mass is 532 g/mol. The van der Waals surface area contributed by atoms with Gasteiger partial charge in [-0.15, -0.1) is 0 Å². The van der Waals surface area contributed by atoms with Gasteiger partial charge < -0.3 is 4.74 Å². The van der Waals surface area contributed by atoms with Crippen molar-refractivity contribution >= 4 is 11.6 Å². The zero-order valence-electron chi connectivity index (χ0n) is 17.5. The highest BCUT2D eigenvalue weighted by Gasteiger charge is 2.41. The van der Waals surface area contributed by atoms with Crippen LogP contribution in [0.15, 0.2) is 60.7 Å². The summed E-state index contributed by atoms with van der Waals surface area (Å²) in [6, 6.07) is 8.12. The minimum atomic E-state index is -4.82. The van der Waals surface area contributed by atoms with E-state index in [2.05, 4.69) is 4.74 Å². The van der Waals surface area contributed by atoms with Gasteiger partial charge in [-0.2, -0.15) is 8.78 Å². The summed E-state index contributed by atoms with van der Waals surface area (Å²) in [5.41, 5.74) is -3.10. The summed E-state index contributed by atoms with van der Waals surface area (Å²) >= 11 is 6.07. The third kappa shape index (κ3) is 4.73. The molecule has 186 valence electrons. The topological polar surface area (TPSA) is 9.23 Å². The predicted molar refractivity (Wildman–Crippen MR) is 113 cm³/mol. The molecule has 0 unspecified atom stereocenters. The van der Waals surface area contributed by atoms with E-state index in [1.54, 1.807) is 0 Å². The van der Waals surface area contributed by atoms with Gasteiger partial charge >= 0.3 is 6.11 Å². The SMILES string of the molecule is Fc1ccccc1-c1cc(F)c(-c2cc(F)c(C(F)(F)Oc3cc(F)c(F)c(F)c3)c(F)c2)c(Cl)c1. The zero-order valence-corrected chi connectivity index (χ0v) is 18.2. The van der Waals surface area contributed by atoms with Crippen LogP contribution in [-0.2, 0) is 6.11 Å². The van der Waals surface area contributed by atoms with Crippen LogP contribution in [0.5, 0.6) is 5.75 Å². The Morgan fingerprint density at radius 2 is 1.17 bits per heavy atom. The quantitative estimate of drug-likeness (QED) is 0.184. The van der Waals surface area contributed by atoms with E-state index in [0.717, 1.165) is 18.2 Å². The summed E-state index contributed by atoms with van der Waals surface area (Å²) in [6.45, 7) is 0. The molecule has 0 radical (unpaired) electrons. The molecule has 4 rings (SSSR count). The van der Waals surface area contributed by atoms with Gasteiger partial charge in [0.1, 0.15) is 34.6 Å². The lowest BCUT2D eigenvalue weighted by molar-refractivity contribution is -0.189. The average molecular weight is 533 g/mol. The van der Waals surface area contributed by atoms with Crippen LogP contribution in [0.2, 0.25) is 5.02 Å². The van der Waals surface area contributed by atoms with E-state index < -0.39 is 74.3 Å². The Labute approximate surface area is 202 Å². The lowest BCUT2D eigenvalue weighted by Crippen LogP contribution is -2.25. The molecule has 0 saturated heterocycles. The van der Waals surface area contributed by atoms with Crippen molar-refractivity contribution in [3.63, 3.8) is 0 Å². The zero-order chi connectivity index (χ0) is 26.4. The van der Waals surface area contributed by atoms with Gasteiger partial charge in [0.25, 0.3) is 0 Å². The number of hydrogen-bond acceptors (Lipinski definition) is 1. The number of alkyl halides is 2. The van der Waals surface area contributed by atoms with E-state index >= 15 is 0 Å². The average Bonchev–Trinajstić information content (AvgIpc) is 2.76. The van der Waals surface area contributed by atoms with Crippen molar-refractivity contribution in [3.05, 3.63) is 112 Å². The highest BCUT2D eigenvalue weighted by atomic mass is 35.5. The normalized spacial score (nSPS) is 11.6. The van der Waals surface area contributed by atoms with Crippen molar-refractivity contribution < 1.29 is 44.3 Å². The van der Waals surface area contributed by atoms with Crippen LogP contribution in [-0.4, -0.2) is 0 Å².